The first-order valence-electron chi connectivity index (χ1n) is 3.21. The van der Waals surface area contributed by atoms with E-state index in [-0.39, 0.29) is 0 Å². The van der Waals surface area contributed by atoms with Crippen molar-refractivity contribution in [3.63, 3.8) is 0 Å². The fraction of sp³-hybridized carbons (Fsp3) is 0.286. The SMILES string of the molecule is CNC(O)c1ccc(Cl)cn1. The molecule has 1 rings (SSSR count). The van der Waals surface area contributed by atoms with Crippen LogP contribution >= 0.6 is 11.6 Å². The van der Waals surface area contributed by atoms with Gasteiger partial charge in [-0.2, -0.15) is 0 Å². The van der Waals surface area contributed by atoms with E-state index in [1.807, 2.05) is 0 Å². The molecule has 1 unspecified atom stereocenters. The third-order valence-corrected chi connectivity index (χ3v) is 1.53. The molecule has 0 aliphatic carbocycles. The van der Waals surface area contributed by atoms with Crippen LogP contribution in [0.2, 0.25) is 5.02 Å². The Hall–Kier alpha value is -0.640. The van der Waals surface area contributed by atoms with Gasteiger partial charge in [0, 0.05) is 6.20 Å². The first-order chi connectivity index (χ1) is 5.24. The van der Waals surface area contributed by atoms with E-state index < -0.39 is 6.23 Å². The van der Waals surface area contributed by atoms with Gasteiger partial charge in [-0.1, -0.05) is 11.6 Å². The van der Waals surface area contributed by atoms with Crippen molar-refractivity contribution in [3.8, 4) is 0 Å². The van der Waals surface area contributed by atoms with E-state index in [0.717, 1.165) is 0 Å². The zero-order valence-electron chi connectivity index (χ0n) is 6.08. The summed E-state index contributed by atoms with van der Waals surface area (Å²) in [5.41, 5.74) is 0.567. The lowest BCUT2D eigenvalue weighted by Gasteiger charge is -2.06. The molecular formula is C7H9ClN2O. The smallest absolute Gasteiger partial charge is 0.147 e. The normalized spacial score (nSPS) is 13.0. The van der Waals surface area contributed by atoms with Gasteiger partial charge in [-0.3, -0.25) is 10.3 Å². The maximum Gasteiger partial charge on any atom is 0.147 e. The summed E-state index contributed by atoms with van der Waals surface area (Å²) in [4.78, 5) is 3.90. The maximum atomic E-state index is 9.20. The number of hydrogen-bond donors (Lipinski definition) is 2. The molecular weight excluding hydrogens is 164 g/mol. The highest BCUT2D eigenvalue weighted by atomic mass is 35.5. The fourth-order valence-corrected chi connectivity index (χ4v) is 0.809. The molecule has 0 aliphatic heterocycles. The minimum atomic E-state index is -0.715. The van der Waals surface area contributed by atoms with Gasteiger partial charge in [0.25, 0.3) is 0 Å². The summed E-state index contributed by atoms with van der Waals surface area (Å²) < 4.78 is 0. The number of halogens is 1. The largest absolute Gasteiger partial charge is 0.373 e. The topological polar surface area (TPSA) is 45.1 Å². The molecule has 0 fully saturated rings. The molecule has 0 saturated carbocycles. The van der Waals surface area contributed by atoms with Crippen molar-refractivity contribution in [1.29, 1.82) is 0 Å². The van der Waals surface area contributed by atoms with Crippen LogP contribution in [0.5, 0.6) is 0 Å². The number of nitrogens with zero attached hydrogens (tertiary/aromatic N) is 1. The Morgan fingerprint density at radius 3 is 2.82 bits per heavy atom. The molecule has 11 heavy (non-hydrogen) atoms. The third-order valence-electron chi connectivity index (χ3n) is 1.30. The summed E-state index contributed by atoms with van der Waals surface area (Å²) >= 11 is 5.60. The summed E-state index contributed by atoms with van der Waals surface area (Å²) in [6, 6.07) is 3.36. The molecule has 1 aromatic rings. The van der Waals surface area contributed by atoms with Gasteiger partial charge < -0.3 is 5.11 Å². The molecule has 0 aromatic carbocycles. The lowest BCUT2D eigenvalue weighted by Crippen LogP contribution is -2.16. The van der Waals surface area contributed by atoms with Crippen LogP contribution < -0.4 is 5.32 Å². The Balaban J connectivity index is 2.81. The van der Waals surface area contributed by atoms with E-state index in [4.69, 9.17) is 11.6 Å². The average molecular weight is 173 g/mol. The van der Waals surface area contributed by atoms with Crippen molar-refractivity contribution in [2.75, 3.05) is 7.05 Å². The Labute approximate surface area is 70.0 Å². The van der Waals surface area contributed by atoms with Gasteiger partial charge in [-0.15, -0.1) is 0 Å². The second-order valence-corrected chi connectivity index (χ2v) is 2.53. The van der Waals surface area contributed by atoms with Gasteiger partial charge in [0.15, 0.2) is 0 Å². The zero-order valence-corrected chi connectivity index (χ0v) is 6.84. The lowest BCUT2D eigenvalue weighted by molar-refractivity contribution is 0.144. The molecule has 0 spiro atoms. The van der Waals surface area contributed by atoms with Crippen LogP contribution in [-0.2, 0) is 0 Å². The Kier molecular flexibility index (Phi) is 2.82. The second-order valence-electron chi connectivity index (χ2n) is 2.09. The molecule has 2 N–H and O–H groups in total. The van der Waals surface area contributed by atoms with E-state index >= 15 is 0 Å². The maximum absolute atomic E-state index is 9.20. The monoisotopic (exact) mass is 172 g/mol. The highest BCUT2D eigenvalue weighted by Crippen LogP contribution is 2.10. The zero-order chi connectivity index (χ0) is 8.27. The summed E-state index contributed by atoms with van der Waals surface area (Å²) in [6.45, 7) is 0. The Morgan fingerprint density at radius 2 is 2.36 bits per heavy atom. The van der Waals surface area contributed by atoms with Crippen molar-refractivity contribution < 1.29 is 5.11 Å². The number of pyridine rings is 1. The van der Waals surface area contributed by atoms with Gasteiger partial charge >= 0.3 is 0 Å². The molecule has 1 heterocycles. The summed E-state index contributed by atoms with van der Waals surface area (Å²) in [6.07, 6.45) is 0.782. The Morgan fingerprint density at radius 1 is 1.64 bits per heavy atom. The lowest BCUT2D eigenvalue weighted by atomic mass is 10.3. The van der Waals surface area contributed by atoms with E-state index in [2.05, 4.69) is 10.3 Å². The van der Waals surface area contributed by atoms with Gasteiger partial charge in [0.1, 0.15) is 6.23 Å². The number of hydrogen-bond acceptors (Lipinski definition) is 3. The average Bonchev–Trinajstić information content (AvgIpc) is 2.05. The molecule has 0 bridgehead atoms. The third kappa shape index (κ3) is 2.15. The van der Waals surface area contributed by atoms with Crippen molar-refractivity contribution in [3.05, 3.63) is 29.0 Å². The van der Waals surface area contributed by atoms with Gasteiger partial charge in [-0.05, 0) is 19.2 Å². The Bertz CT molecular complexity index is 224. The van der Waals surface area contributed by atoms with E-state index in [1.54, 1.807) is 19.2 Å². The van der Waals surface area contributed by atoms with Crippen molar-refractivity contribution in [2.24, 2.45) is 0 Å². The van der Waals surface area contributed by atoms with Gasteiger partial charge in [0.05, 0.1) is 10.7 Å². The number of rotatable bonds is 2. The molecule has 0 amide bonds. The fourth-order valence-electron chi connectivity index (χ4n) is 0.697. The summed E-state index contributed by atoms with van der Waals surface area (Å²) in [7, 11) is 1.65. The standard InChI is InChI=1S/C7H9ClN2O/c1-9-7(11)6-3-2-5(8)4-10-6/h2-4,7,9,11H,1H3. The highest BCUT2D eigenvalue weighted by molar-refractivity contribution is 6.30. The van der Waals surface area contributed by atoms with Crippen LogP contribution in [0.1, 0.15) is 11.9 Å². The van der Waals surface area contributed by atoms with E-state index in [9.17, 15) is 5.11 Å². The molecule has 3 nitrogen and oxygen atoms in total. The van der Waals surface area contributed by atoms with Crippen LogP contribution in [0.25, 0.3) is 0 Å². The molecule has 0 radical (unpaired) electrons. The van der Waals surface area contributed by atoms with Crippen LogP contribution in [0.4, 0.5) is 0 Å². The van der Waals surface area contributed by atoms with Crippen molar-refractivity contribution in [1.82, 2.24) is 10.3 Å². The molecule has 1 aromatic heterocycles. The number of nitrogens with one attached hydrogen (secondary N) is 1. The summed E-state index contributed by atoms with van der Waals surface area (Å²) in [5, 5.41) is 12.4. The van der Waals surface area contributed by atoms with Gasteiger partial charge in [0.2, 0.25) is 0 Å². The van der Waals surface area contributed by atoms with Gasteiger partial charge in [-0.25, -0.2) is 0 Å². The number of aromatic nitrogens is 1. The minimum absolute atomic E-state index is 0.567. The molecule has 4 heteroatoms. The predicted octanol–water partition coefficient (Wildman–Crippen LogP) is 0.945. The van der Waals surface area contributed by atoms with Crippen LogP contribution in [0.3, 0.4) is 0 Å². The van der Waals surface area contributed by atoms with E-state index in [1.165, 1.54) is 6.20 Å². The number of aliphatic hydroxyl groups is 1. The minimum Gasteiger partial charge on any atom is -0.373 e. The van der Waals surface area contributed by atoms with Crippen LogP contribution in [0.15, 0.2) is 18.3 Å². The summed E-state index contributed by atoms with van der Waals surface area (Å²) in [5.74, 6) is 0. The quantitative estimate of drug-likeness (QED) is 0.653. The van der Waals surface area contributed by atoms with Crippen molar-refractivity contribution in [2.45, 2.75) is 6.23 Å². The first-order valence-corrected chi connectivity index (χ1v) is 3.58. The van der Waals surface area contributed by atoms with Crippen molar-refractivity contribution >= 4 is 11.6 Å². The number of aliphatic hydroxyl groups excluding tert-OH is 1. The molecule has 0 aliphatic rings. The molecule has 60 valence electrons. The molecule has 0 saturated heterocycles. The molecule has 1 atom stereocenters. The van der Waals surface area contributed by atoms with Crippen LogP contribution in [0, 0.1) is 0 Å². The van der Waals surface area contributed by atoms with E-state index in [0.29, 0.717) is 10.7 Å². The second kappa shape index (κ2) is 3.67. The predicted molar refractivity (Wildman–Crippen MR) is 43.3 cm³/mol. The highest BCUT2D eigenvalue weighted by Gasteiger charge is 2.03. The first kappa shape index (κ1) is 8.46. The van der Waals surface area contributed by atoms with Crippen LogP contribution in [-0.4, -0.2) is 17.1 Å².